The van der Waals surface area contributed by atoms with Crippen LogP contribution in [-0.2, 0) is 0 Å². The monoisotopic (exact) mass is 426 g/mol. The van der Waals surface area contributed by atoms with Gasteiger partial charge < -0.3 is 9.80 Å². The van der Waals surface area contributed by atoms with E-state index in [0.717, 1.165) is 11.1 Å². The SMILES string of the molecule is C=Cc1cccc(C(=O)N(CCC#N)CCN(CCC#N)C(=O)c2cccc(C=C)c2)c1. The number of rotatable bonds is 11. The quantitative estimate of drug-likeness (QED) is 0.533. The van der Waals surface area contributed by atoms with Gasteiger partial charge in [-0.1, -0.05) is 49.6 Å². The highest BCUT2D eigenvalue weighted by Gasteiger charge is 2.20. The molecule has 32 heavy (non-hydrogen) atoms. The van der Waals surface area contributed by atoms with Crippen molar-refractivity contribution in [2.45, 2.75) is 12.8 Å². The Hall–Kier alpha value is -4.16. The van der Waals surface area contributed by atoms with Crippen LogP contribution in [0.1, 0.15) is 44.7 Å². The molecule has 6 heteroatoms. The van der Waals surface area contributed by atoms with Crippen molar-refractivity contribution in [1.82, 2.24) is 9.80 Å². The second-order valence-corrected chi connectivity index (χ2v) is 7.06. The van der Waals surface area contributed by atoms with Gasteiger partial charge in [-0.15, -0.1) is 0 Å². The third-order valence-electron chi connectivity index (χ3n) is 4.94. The second kappa shape index (κ2) is 12.5. The summed E-state index contributed by atoms with van der Waals surface area (Å²) in [5.41, 5.74) is 2.64. The number of carbonyl (C=O) groups is 2. The molecule has 2 aromatic rings. The third-order valence-corrected chi connectivity index (χ3v) is 4.94. The Kier molecular flexibility index (Phi) is 9.43. The Morgan fingerprint density at radius 3 is 1.50 bits per heavy atom. The summed E-state index contributed by atoms with van der Waals surface area (Å²) in [6, 6.07) is 18.3. The van der Waals surface area contributed by atoms with Crippen LogP contribution in [0.2, 0.25) is 0 Å². The largest absolute Gasteiger partial charge is 0.336 e. The highest BCUT2D eigenvalue weighted by molar-refractivity contribution is 5.96. The summed E-state index contributed by atoms with van der Waals surface area (Å²) in [6.07, 6.45) is 3.69. The van der Waals surface area contributed by atoms with E-state index in [2.05, 4.69) is 25.3 Å². The second-order valence-electron chi connectivity index (χ2n) is 7.06. The van der Waals surface area contributed by atoms with E-state index in [1.54, 1.807) is 58.4 Å². The molecule has 0 aliphatic heterocycles. The molecule has 0 unspecified atom stereocenters. The summed E-state index contributed by atoms with van der Waals surface area (Å²) >= 11 is 0. The van der Waals surface area contributed by atoms with E-state index < -0.39 is 0 Å². The van der Waals surface area contributed by atoms with E-state index in [9.17, 15) is 9.59 Å². The molecule has 0 aromatic heterocycles. The average molecular weight is 427 g/mol. The molecule has 0 atom stereocenters. The minimum absolute atomic E-state index is 0.181. The van der Waals surface area contributed by atoms with Crippen molar-refractivity contribution in [3.63, 3.8) is 0 Å². The van der Waals surface area contributed by atoms with Crippen LogP contribution in [0.4, 0.5) is 0 Å². The predicted octanol–water partition coefficient (Wildman–Crippen LogP) is 4.38. The lowest BCUT2D eigenvalue weighted by atomic mass is 10.1. The van der Waals surface area contributed by atoms with Crippen molar-refractivity contribution in [3.05, 3.63) is 83.9 Å². The molecular formula is C26H26N4O2. The van der Waals surface area contributed by atoms with E-state index in [-0.39, 0.29) is 50.8 Å². The third kappa shape index (κ3) is 6.68. The number of carbonyl (C=O) groups excluding carboxylic acids is 2. The fourth-order valence-corrected chi connectivity index (χ4v) is 3.20. The minimum atomic E-state index is -0.217. The van der Waals surface area contributed by atoms with Gasteiger partial charge in [-0.2, -0.15) is 10.5 Å². The number of nitrogens with zero attached hydrogens (tertiary/aromatic N) is 4. The first kappa shape index (κ1) is 24.1. The van der Waals surface area contributed by atoms with Gasteiger partial charge in [0.2, 0.25) is 0 Å². The zero-order valence-electron chi connectivity index (χ0n) is 18.0. The lowest BCUT2D eigenvalue weighted by molar-refractivity contribution is 0.0667. The fourth-order valence-electron chi connectivity index (χ4n) is 3.20. The normalized spacial score (nSPS) is 9.81. The van der Waals surface area contributed by atoms with Crippen LogP contribution in [0.5, 0.6) is 0 Å². The van der Waals surface area contributed by atoms with Gasteiger partial charge in [0.1, 0.15) is 0 Å². The van der Waals surface area contributed by atoms with Gasteiger partial charge in [0, 0.05) is 37.3 Å². The van der Waals surface area contributed by atoms with Gasteiger partial charge in [-0.3, -0.25) is 9.59 Å². The van der Waals surface area contributed by atoms with Crippen LogP contribution in [0.25, 0.3) is 12.2 Å². The Balaban J connectivity index is 2.21. The summed E-state index contributed by atoms with van der Waals surface area (Å²) < 4.78 is 0. The highest BCUT2D eigenvalue weighted by Crippen LogP contribution is 2.13. The molecule has 0 aliphatic rings. The first-order valence-electron chi connectivity index (χ1n) is 10.3. The van der Waals surface area contributed by atoms with Crippen molar-refractivity contribution in [1.29, 1.82) is 10.5 Å². The molecule has 0 spiro atoms. The Labute approximate surface area is 189 Å². The molecule has 0 bridgehead atoms. The van der Waals surface area contributed by atoms with Gasteiger partial charge in [0.25, 0.3) is 11.8 Å². The smallest absolute Gasteiger partial charge is 0.253 e. The van der Waals surface area contributed by atoms with E-state index in [4.69, 9.17) is 10.5 Å². The zero-order chi connectivity index (χ0) is 23.3. The van der Waals surface area contributed by atoms with Gasteiger partial charge >= 0.3 is 0 Å². The van der Waals surface area contributed by atoms with Crippen LogP contribution in [0, 0.1) is 22.7 Å². The zero-order valence-corrected chi connectivity index (χ0v) is 18.0. The number of nitriles is 2. The summed E-state index contributed by atoms with van der Waals surface area (Å²) in [5, 5.41) is 18.0. The standard InChI is InChI=1S/C26H26N4O2/c1-3-21-9-5-11-23(19-21)25(31)29(15-7-13-27)17-18-30(16-8-14-28)26(32)24-12-6-10-22(4-2)20-24/h3-6,9-12,19-20H,1-2,7-8,15-18H2. The van der Waals surface area contributed by atoms with Crippen LogP contribution in [0.3, 0.4) is 0 Å². The Bertz CT molecular complexity index is 976. The Morgan fingerprint density at radius 1 is 0.750 bits per heavy atom. The first-order chi connectivity index (χ1) is 15.5. The van der Waals surface area contributed by atoms with Crippen LogP contribution in [0.15, 0.2) is 61.7 Å². The topological polar surface area (TPSA) is 88.2 Å². The predicted molar refractivity (Wildman–Crippen MR) is 125 cm³/mol. The molecule has 162 valence electrons. The molecule has 0 saturated heterocycles. The highest BCUT2D eigenvalue weighted by atomic mass is 16.2. The van der Waals surface area contributed by atoms with Gasteiger partial charge in [0.15, 0.2) is 0 Å². The van der Waals surface area contributed by atoms with Crippen molar-refractivity contribution in [2.24, 2.45) is 0 Å². The van der Waals surface area contributed by atoms with Crippen molar-refractivity contribution >= 4 is 24.0 Å². The van der Waals surface area contributed by atoms with E-state index in [1.165, 1.54) is 0 Å². The summed E-state index contributed by atoms with van der Waals surface area (Å²) in [4.78, 5) is 29.3. The summed E-state index contributed by atoms with van der Waals surface area (Å²) in [6.45, 7) is 8.45. The average Bonchev–Trinajstić information content (AvgIpc) is 2.85. The van der Waals surface area contributed by atoms with Crippen LogP contribution >= 0.6 is 0 Å². The Morgan fingerprint density at radius 2 is 1.16 bits per heavy atom. The molecule has 0 heterocycles. The summed E-state index contributed by atoms with van der Waals surface area (Å²) in [7, 11) is 0. The fraction of sp³-hybridized carbons (Fsp3) is 0.231. The lowest BCUT2D eigenvalue weighted by Gasteiger charge is -2.27. The van der Waals surface area contributed by atoms with Crippen molar-refractivity contribution in [2.75, 3.05) is 26.2 Å². The van der Waals surface area contributed by atoms with E-state index >= 15 is 0 Å². The molecule has 2 aromatic carbocycles. The lowest BCUT2D eigenvalue weighted by Crippen LogP contribution is -2.42. The van der Waals surface area contributed by atoms with Crippen LogP contribution in [-0.4, -0.2) is 47.8 Å². The number of benzene rings is 2. The molecule has 0 saturated carbocycles. The molecule has 0 radical (unpaired) electrons. The van der Waals surface area contributed by atoms with E-state index in [0.29, 0.717) is 11.1 Å². The molecule has 2 rings (SSSR count). The summed E-state index contributed by atoms with van der Waals surface area (Å²) in [5.74, 6) is -0.435. The van der Waals surface area contributed by atoms with Crippen LogP contribution < -0.4 is 0 Å². The molecule has 0 fully saturated rings. The van der Waals surface area contributed by atoms with Crippen molar-refractivity contribution in [3.8, 4) is 12.1 Å². The number of hydrogen-bond acceptors (Lipinski definition) is 4. The molecular weight excluding hydrogens is 400 g/mol. The number of amides is 2. The maximum atomic E-state index is 13.1. The van der Waals surface area contributed by atoms with Gasteiger partial charge in [-0.05, 0) is 35.4 Å². The molecule has 0 N–H and O–H groups in total. The maximum absolute atomic E-state index is 13.1. The van der Waals surface area contributed by atoms with Gasteiger partial charge in [-0.25, -0.2) is 0 Å². The molecule has 2 amide bonds. The van der Waals surface area contributed by atoms with Crippen molar-refractivity contribution < 1.29 is 9.59 Å². The van der Waals surface area contributed by atoms with Gasteiger partial charge in [0.05, 0.1) is 25.0 Å². The first-order valence-corrected chi connectivity index (χ1v) is 10.3. The maximum Gasteiger partial charge on any atom is 0.253 e. The number of hydrogen-bond donors (Lipinski definition) is 0. The van der Waals surface area contributed by atoms with E-state index in [1.807, 2.05) is 12.1 Å². The molecule has 6 nitrogen and oxygen atoms in total. The molecule has 0 aliphatic carbocycles. The minimum Gasteiger partial charge on any atom is -0.336 e.